The minimum atomic E-state index is -0.775. The summed E-state index contributed by atoms with van der Waals surface area (Å²) in [7, 11) is 3.05. The number of amides is 2. The molecule has 2 aliphatic rings. The number of esters is 1. The maximum Gasteiger partial charge on any atom is 0.338 e. The van der Waals surface area contributed by atoms with Crippen molar-refractivity contribution >= 4 is 12.0 Å². The Balaban J connectivity index is 1.60. The van der Waals surface area contributed by atoms with Crippen LogP contribution in [0.25, 0.3) is 0 Å². The van der Waals surface area contributed by atoms with Gasteiger partial charge in [-0.05, 0) is 42.8 Å². The first-order valence-electron chi connectivity index (χ1n) is 9.56. The minimum absolute atomic E-state index is 0.0299. The molecule has 9 heteroatoms. The fourth-order valence-electron chi connectivity index (χ4n) is 3.52. The lowest BCUT2D eigenvalue weighted by molar-refractivity contribution is -0.140. The van der Waals surface area contributed by atoms with Gasteiger partial charge in [0.25, 0.3) is 0 Å². The van der Waals surface area contributed by atoms with Crippen LogP contribution in [0.2, 0.25) is 0 Å². The van der Waals surface area contributed by atoms with Gasteiger partial charge < -0.3 is 34.3 Å². The first-order chi connectivity index (χ1) is 15.0. The van der Waals surface area contributed by atoms with Gasteiger partial charge in [-0.25, -0.2) is 9.59 Å². The Labute approximate surface area is 178 Å². The number of ether oxygens (including phenoxy) is 5. The predicted octanol–water partition coefficient (Wildman–Crippen LogP) is 2.80. The van der Waals surface area contributed by atoms with E-state index in [0.29, 0.717) is 34.3 Å². The summed E-state index contributed by atoms with van der Waals surface area (Å²) in [6.45, 7) is 1.85. The van der Waals surface area contributed by atoms with Gasteiger partial charge in [0.15, 0.2) is 11.5 Å². The molecule has 0 aliphatic carbocycles. The zero-order chi connectivity index (χ0) is 22.0. The van der Waals surface area contributed by atoms with Crippen LogP contribution in [-0.2, 0) is 16.1 Å². The molecule has 2 aromatic carbocycles. The summed E-state index contributed by atoms with van der Waals surface area (Å²) in [5.74, 6) is 1.75. The SMILES string of the molecule is COc1ccc(OC)c([C@H]2NC(=O)NC(C)=C2C(=O)OCc2ccc3c(c2)OCO3)c1. The predicted molar refractivity (Wildman–Crippen MR) is 109 cm³/mol. The second kappa shape index (κ2) is 8.47. The highest BCUT2D eigenvalue weighted by Gasteiger charge is 2.34. The lowest BCUT2D eigenvalue weighted by Crippen LogP contribution is -2.45. The molecule has 0 unspecified atom stereocenters. The summed E-state index contributed by atoms with van der Waals surface area (Å²) in [5.41, 5.74) is 1.99. The molecule has 2 N–H and O–H groups in total. The summed E-state index contributed by atoms with van der Waals surface area (Å²) >= 11 is 0. The average Bonchev–Trinajstić information content (AvgIpc) is 3.24. The van der Waals surface area contributed by atoms with Crippen molar-refractivity contribution in [2.24, 2.45) is 0 Å². The van der Waals surface area contributed by atoms with Crippen LogP contribution in [0.3, 0.4) is 0 Å². The van der Waals surface area contributed by atoms with Crippen molar-refractivity contribution in [3.05, 3.63) is 58.8 Å². The van der Waals surface area contributed by atoms with Gasteiger partial charge in [-0.15, -0.1) is 0 Å². The normalized spacial score (nSPS) is 17.0. The van der Waals surface area contributed by atoms with Crippen molar-refractivity contribution in [2.45, 2.75) is 19.6 Å². The molecule has 0 aromatic heterocycles. The number of nitrogens with one attached hydrogen (secondary N) is 2. The van der Waals surface area contributed by atoms with Crippen LogP contribution in [0.4, 0.5) is 4.79 Å². The van der Waals surface area contributed by atoms with E-state index in [-0.39, 0.29) is 19.0 Å². The largest absolute Gasteiger partial charge is 0.497 e. The number of methoxy groups -OCH3 is 2. The van der Waals surface area contributed by atoms with E-state index in [1.54, 1.807) is 43.3 Å². The summed E-state index contributed by atoms with van der Waals surface area (Å²) in [6, 6.07) is 9.29. The summed E-state index contributed by atoms with van der Waals surface area (Å²) in [6.07, 6.45) is 0. The molecule has 2 heterocycles. The number of carbonyl (C=O) groups excluding carboxylic acids is 2. The van der Waals surface area contributed by atoms with Crippen molar-refractivity contribution in [1.29, 1.82) is 0 Å². The lowest BCUT2D eigenvalue weighted by Gasteiger charge is -2.29. The van der Waals surface area contributed by atoms with Gasteiger partial charge in [-0.3, -0.25) is 0 Å². The van der Waals surface area contributed by atoms with E-state index in [1.165, 1.54) is 14.2 Å². The summed E-state index contributed by atoms with van der Waals surface area (Å²) < 4.78 is 26.9. The van der Waals surface area contributed by atoms with Crippen molar-refractivity contribution < 1.29 is 33.3 Å². The molecular formula is C22H22N2O7. The summed E-state index contributed by atoms with van der Waals surface area (Å²) in [4.78, 5) is 25.2. The third-order valence-corrected chi connectivity index (χ3v) is 5.04. The molecule has 4 rings (SSSR count). The van der Waals surface area contributed by atoms with Gasteiger partial charge in [-0.1, -0.05) is 6.07 Å². The molecule has 0 bridgehead atoms. The zero-order valence-electron chi connectivity index (χ0n) is 17.3. The van der Waals surface area contributed by atoms with Crippen molar-refractivity contribution in [1.82, 2.24) is 10.6 Å². The Bertz CT molecular complexity index is 1060. The number of hydrogen-bond donors (Lipinski definition) is 2. The number of carbonyl (C=O) groups is 2. The molecule has 1 atom stereocenters. The number of benzene rings is 2. The van der Waals surface area contributed by atoms with Crippen molar-refractivity contribution in [3.63, 3.8) is 0 Å². The Hall–Kier alpha value is -3.88. The number of allylic oxidation sites excluding steroid dienone is 1. The van der Waals surface area contributed by atoms with E-state index >= 15 is 0 Å². The molecule has 0 saturated heterocycles. The topological polar surface area (TPSA) is 104 Å². The van der Waals surface area contributed by atoms with Crippen LogP contribution in [0, 0.1) is 0 Å². The maximum atomic E-state index is 13.1. The number of fused-ring (bicyclic) bond motifs is 1. The van der Waals surface area contributed by atoms with Gasteiger partial charge in [0.1, 0.15) is 18.1 Å². The Morgan fingerprint density at radius 3 is 2.68 bits per heavy atom. The smallest absolute Gasteiger partial charge is 0.338 e. The molecule has 0 radical (unpaired) electrons. The molecule has 31 heavy (non-hydrogen) atoms. The maximum absolute atomic E-state index is 13.1. The van der Waals surface area contributed by atoms with E-state index in [4.69, 9.17) is 23.7 Å². The Morgan fingerprint density at radius 1 is 1.10 bits per heavy atom. The van der Waals surface area contributed by atoms with Crippen molar-refractivity contribution in [2.75, 3.05) is 21.0 Å². The van der Waals surface area contributed by atoms with E-state index in [2.05, 4.69) is 10.6 Å². The van der Waals surface area contributed by atoms with E-state index in [1.807, 2.05) is 0 Å². The van der Waals surface area contributed by atoms with Crippen LogP contribution < -0.4 is 29.6 Å². The lowest BCUT2D eigenvalue weighted by atomic mass is 9.94. The average molecular weight is 426 g/mol. The third kappa shape index (κ3) is 4.07. The van der Waals surface area contributed by atoms with Gasteiger partial charge in [-0.2, -0.15) is 0 Å². The summed E-state index contributed by atoms with van der Waals surface area (Å²) in [5, 5.41) is 5.40. The van der Waals surface area contributed by atoms with Gasteiger partial charge in [0.2, 0.25) is 6.79 Å². The van der Waals surface area contributed by atoms with E-state index in [0.717, 1.165) is 5.56 Å². The van der Waals surface area contributed by atoms with Gasteiger partial charge in [0, 0.05) is 11.3 Å². The van der Waals surface area contributed by atoms with Crippen LogP contribution in [0.5, 0.6) is 23.0 Å². The molecule has 2 aliphatic heterocycles. The highest BCUT2D eigenvalue weighted by molar-refractivity contribution is 5.95. The first-order valence-corrected chi connectivity index (χ1v) is 9.56. The number of urea groups is 1. The number of rotatable bonds is 6. The molecule has 2 aromatic rings. The highest BCUT2D eigenvalue weighted by Crippen LogP contribution is 2.36. The molecular weight excluding hydrogens is 404 g/mol. The second-order valence-electron chi connectivity index (χ2n) is 6.94. The van der Waals surface area contributed by atoms with Crippen LogP contribution >= 0.6 is 0 Å². The van der Waals surface area contributed by atoms with E-state index < -0.39 is 18.0 Å². The minimum Gasteiger partial charge on any atom is -0.497 e. The second-order valence-corrected chi connectivity index (χ2v) is 6.94. The standard InChI is InChI=1S/C22H22N2O7/c1-12-19(21(25)29-10-13-4-6-17-18(8-13)31-11-30-17)20(24-22(26)23-12)15-9-14(27-2)5-7-16(15)28-3/h4-9,20H,10-11H2,1-3H3,(H2,23,24,26)/t20-/m1/s1. The number of hydrogen-bond acceptors (Lipinski definition) is 7. The molecule has 0 saturated carbocycles. The fourth-order valence-corrected chi connectivity index (χ4v) is 3.52. The third-order valence-electron chi connectivity index (χ3n) is 5.04. The van der Waals surface area contributed by atoms with E-state index in [9.17, 15) is 9.59 Å². The molecule has 162 valence electrons. The zero-order valence-corrected chi connectivity index (χ0v) is 17.3. The van der Waals surface area contributed by atoms with Gasteiger partial charge >= 0.3 is 12.0 Å². The molecule has 9 nitrogen and oxygen atoms in total. The van der Waals surface area contributed by atoms with Crippen LogP contribution in [0.1, 0.15) is 24.1 Å². The highest BCUT2D eigenvalue weighted by atomic mass is 16.7. The quantitative estimate of drug-likeness (QED) is 0.685. The van der Waals surface area contributed by atoms with Crippen molar-refractivity contribution in [3.8, 4) is 23.0 Å². The Kier molecular flexibility index (Phi) is 5.57. The monoisotopic (exact) mass is 426 g/mol. The fraction of sp³-hybridized carbons (Fsp3) is 0.273. The van der Waals surface area contributed by atoms with Gasteiger partial charge in [0.05, 0.1) is 25.8 Å². The molecule has 2 amide bonds. The van der Waals surface area contributed by atoms with Crippen LogP contribution in [-0.4, -0.2) is 33.0 Å². The van der Waals surface area contributed by atoms with Crippen LogP contribution in [0.15, 0.2) is 47.7 Å². The Morgan fingerprint density at radius 2 is 1.90 bits per heavy atom. The molecule has 0 fully saturated rings. The first kappa shape index (κ1) is 20.4. The molecule has 0 spiro atoms.